The van der Waals surface area contributed by atoms with Crippen molar-refractivity contribution in [3.05, 3.63) is 42.0 Å². The second-order valence-electron chi connectivity index (χ2n) is 4.34. The number of pyridine rings is 1. The van der Waals surface area contributed by atoms with Crippen LogP contribution < -0.4 is 5.73 Å². The molecule has 2 aromatic rings. The van der Waals surface area contributed by atoms with E-state index < -0.39 is 0 Å². The second kappa shape index (κ2) is 6.76. The van der Waals surface area contributed by atoms with Crippen molar-refractivity contribution >= 4 is 5.91 Å². The van der Waals surface area contributed by atoms with Crippen LogP contribution in [0.5, 0.6) is 0 Å². The number of nitrogens with zero attached hydrogens (tertiary/aromatic N) is 5. The predicted molar refractivity (Wildman–Crippen MR) is 73.2 cm³/mol. The first-order valence-electron chi connectivity index (χ1n) is 6.49. The van der Waals surface area contributed by atoms with Crippen LogP contribution in [0.1, 0.15) is 18.3 Å². The molecule has 0 saturated heterocycles. The lowest BCUT2D eigenvalue weighted by Gasteiger charge is -2.20. The summed E-state index contributed by atoms with van der Waals surface area (Å²) in [4.78, 5) is 18.2. The van der Waals surface area contributed by atoms with Gasteiger partial charge in [-0.3, -0.25) is 9.78 Å². The minimum atomic E-state index is -0.0216. The lowest BCUT2D eigenvalue weighted by Crippen LogP contribution is -2.33. The molecule has 0 unspecified atom stereocenters. The molecule has 7 heteroatoms. The van der Waals surface area contributed by atoms with Gasteiger partial charge in [-0.05, 0) is 19.1 Å². The number of hydrogen-bond acceptors (Lipinski definition) is 5. The van der Waals surface area contributed by atoms with Crippen LogP contribution in [-0.4, -0.2) is 37.3 Å². The molecule has 106 valence electrons. The molecule has 0 spiro atoms. The van der Waals surface area contributed by atoms with E-state index >= 15 is 0 Å². The maximum Gasteiger partial charge on any atom is 0.244 e. The molecule has 7 nitrogen and oxygen atoms in total. The molecular weight excluding hydrogens is 256 g/mol. The van der Waals surface area contributed by atoms with Crippen molar-refractivity contribution in [2.75, 3.05) is 6.54 Å². The summed E-state index contributed by atoms with van der Waals surface area (Å²) in [6.45, 7) is 3.53. The predicted octanol–water partition coefficient (Wildman–Crippen LogP) is 0.180. The summed E-state index contributed by atoms with van der Waals surface area (Å²) in [6.07, 6.45) is 3.41. The van der Waals surface area contributed by atoms with Gasteiger partial charge in [-0.2, -0.15) is 0 Å². The largest absolute Gasteiger partial charge is 0.335 e. The van der Waals surface area contributed by atoms with Crippen LogP contribution in [0.15, 0.2) is 30.6 Å². The fraction of sp³-hybridized carbons (Fsp3) is 0.385. The van der Waals surface area contributed by atoms with Crippen molar-refractivity contribution in [2.24, 2.45) is 5.73 Å². The molecule has 0 radical (unpaired) electrons. The normalized spacial score (nSPS) is 10.5. The Bertz CT molecular complexity index is 553. The SMILES string of the molecule is CCN(Cc1ccccn1)C(=O)Cn1cc(CN)nn1. The molecule has 2 heterocycles. The minimum absolute atomic E-state index is 0.0216. The van der Waals surface area contributed by atoms with Crippen LogP contribution in [0, 0.1) is 0 Å². The minimum Gasteiger partial charge on any atom is -0.335 e. The third kappa shape index (κ3) is 3.61. The molecule has 1 amide bonds. The van der Waals surface area contributed by atoms with E-state index in [4.69, 9.17) is 5.73 Å². The molecule has 2 rings (SSSR count). The van der Waals surface area contributed by atoms with Crippen molar-refractivity contribution in [1.82, 2.24) is 24.9 Å². The van der Waals surface area contributed by atoms with Gasteiger partial charge >= 0.3 is 0 Å². The van der Waals surface area contributed by atoms with Crippen LogP contribution in [0.2, 0.25) is 0 Å². The molecular formula is C13H18N6O. The summed E-state index contributed by atoms with van der Waals surface area (Å²) >= 11 is 0. The Morgan fingerprint density at radius 1 is 1.40 bits per heavy atom. The zero-order chi connectivity index (χ0) is 14.4. The molecule has 20 heavy (non-hydrogen) atoms. The number of nitrogens with two attached hydrogens (primary N) is 1. The van der Waals surface area contributed by atoms with Gasteiger partial charge in [0.05, 0.1) is 24.1 Å². The van der Waals surface area contributed by atoms with Gasteiger partial charge in [0, 0.05) is 19.3 Å². The number of rotatable bonds is 6. The Labute approximate surface area is 117 Å². The zero-order valence-electron chi connectivity index (χ0n) is 11.4. The van der Waals surface area contributed by atoms with E-state index in [9.17, 15) is 4.79 Å². The summed E-state index contributed by atoms with van der Waals surface area (Å²) in [7, 11) is 0. The summed E-state index contributed by atoms with van der Waals surface area (Å²) < 4.78 is 1.51. The van der Waals surface area contributed by atoms with E-state index in [0.717, 1.165) is 5.69 Å². The van der Waals surface area contributed by atoms with Crippen molar-refractivity contribution < 1.29 is 4.79 Å². The van der Waals surface area contributed by atoms with E-state index in [1.807, 2.05) is 25.1 Å². The van der Waals surface area contributed by atoms with Crippen LogP contribution in [0.4, 0.5) is 0 Å². The molecule has 0 bridgehead atoms. The van der Waals surface area contributed by atoms with Gasteiger partial charge in [0.2, 0.25) is 5.91 Å². The van der Waals surface area contributed by atoms with Crippen molar-refractivity contribution in [3.8, 4) is 0 Å². The van der Waals surface area contributed by atoms with Crippen LogP contribution >= 0.6 is 0 Å². The third-order valence-corrected chi connectivity index (χ3v) is 2.91. The highest BCUT2D eigenvalue weighted by atomic mass is 16.2. The first kappa shape index (κ1) is 14.1. The van der Waals surface area contributed by atoms with E-state index in [1.54, 1.807) is 17.3 Å². The van der Waals surface area contributed by atoms with Crippen molar-refractivity contribution in [1.29, 1.82) is 0 Å². The molecule has 0 aromatic carbocycles. The summed E-state index contributed by atoms with van der Waals surface area (Å²) in [5.74, 6) is -0.0216. The smallest absolute Gasteiger partial charge is 0.244 e. The highest BCUT2D eigenvalue weighted by molar-refractivity contribution is 5.75. The second-order valence-corrected chi connectivity index (χ2v) is 4.34. The Hall–Kier alpha value is -2.28. The maximum absolute atomic E-state index is 12.2. The van der Waals surface area contributed by atoms with Crippen LogP contribution in [0.3, 0.4) is 0 Å². The Morgan fingerprint density at radius 2 is 2.25 bits per heavy atom. The Kier molecular flexibility index (Phi) is 4.78. The van der Waals surface area contributed by atoms with E-state index in [1.165, 1.54) is 4.68 Å². The molecule has 0 saturated carbocycles. The van der Waals surface area contributed by atoms with Gasteiger partial charge in [0.15, 0.2) is 0 Å². The molecule has 2 aromatic heterocycles. The zero-order valence-corrected chi connectivity index (χ0v) is 11.4. The quantitative estimate of drug-likeness (QED) is 0.811. The highest BCUT2D eigenvalue weighted by Crippen LogP contribution is 2.03. The van der Waals surface area contributed by atoms with Gasteiger partial charge < -0.3 is 10.6 Å². The molecule has 2 N–H and O–H groups in total. The molecule has 0 atom stereocenters. The summed E-state index contributed by atoms with van der Waals surface area (Å²) in [5, 5.41) is 7.74. The van der Waals surface area contributed by atoms with Gasteiger partial charge in [0.1, 0.15) is 6.54 Å². The topological polar surface area (TPSA) is 89.9 Å². The van der Waals surface area contributed by atoms with E-state index in [0.29, 0.717) is 25.3 Å². The number of amides is 1. The fourth-order valence-electron chi connectivity index (χ4n) is 1.81. The number of carbonyl (C=O) groups is 1. The lowest BCUT2D eigenvalue weighted by atomic mass is 10.3. The number of hydrogen-bond donors (Lipinski definition) is 1. The fourth-order valence-corrected chi connectivity index (χ4v) is 1.81. The van der Waals surface area contributed by atoms with E-state index in [-0.39, 0.29) is 12.5 Å². The molecule has 0 aliphatic carbocycles. The van der Waals surface area contributed by atoms with Crippen molar-refractivity contribution in [2.45, 2.75) is 26.6 Å². The number of carbonyl (C=O) groups excluding carboxylic acids is 1. The van der Waals surface area contributed by atoms with Gasteiger partial charge in [-0.15, -0.1) is 5.10 Å². The summed E-state index contributed by atoms with van der Waals surface area (Å²) in [5.41, 5.74) is 7.00. The van der Waals surface area contributed by atoms with Gasteiger partial charge in [0.25, 0.3) is 0 Å². The lowest BCUT2D eigenvalue weighted by molar-refractivity contribution is -0.132. The van der Waals surface area contributed by atoms with Gasteiger partial charge in [-0.1, -0.05) is 11.3 Å². The van der Waals surface area contributed by atoms with E-state index in [2.05, 4.69) is 15.3 Å². The van der Waals surface area contributed by atoms with Crippen molar-refractivity contribution in [3.63, 3.8) is 0 Å². The first-order chi connectivity index (χ1) is 9.72. The van der Waals surface area contributed by atoms with Crippen LogP contribution in [-0.2, 0) is 24.4 Å². The number of aromatic nitrogens is 4. The number of likely N-dealkylation sites (N-methyl/N-ethyl adjacent to an activating group) is 1. The third-order valence-electron chi connectivity index (χ3n) is 2.91. The Morgan fingerprint density at radius 3 is 2.85 bits per heavy atom. The average molecular weight is 274 g/mol. The van der Waals surface area contributed by atoms with Gasteiger partial charge in [-0.25, -0.2) is 4.68 Å². The Balaban J connectivity index is 1.98. The molecule has 0 aliphatic heterocycles. The first-order valence-corrected chi connectivity index (χ1v) is 6.49. The maximum atomic E-state index is 12.2. The standard InChI is InChI=1S/C13H18N6O/c1-2-18(8-11-5-3-4-6-15-11)13(20)10-19-9-12(7-14)16-17-19/h3-6,9H,2,7-8,10,14H2,1H3. The molecule has 0 aliphatic rings. The summed E-state index contributed by atoms with van der Waals surface area (Å²) in [6, 6.07) is 5.66. The van der Waals surface area contributed by atoms with Crippen LogP contribution in [0.25, 0.3) is 0 Å². The average Bonchev–Trinajstić information content (AvgIpc) is 2.93. The monoisotopic (exact) mass is 274 g/mol. The highest BCUT2D eigenvalue weighted by Gasteiger charge is 2.14. The molecule has 0 fully saturated rings.